The Morgan fingerprint density at radius 3 is 2.59 bits per heavy atom. The van der Waals surface area contributed by atoms with E-state index >= 15 is 0 Å². The molecule has 168 valence electrons. The standard InChI is InChI=1S/C24H28N4O4/c1-4-32-24(29)23-15-17-7-5-6-8-20(17)27(23)19-9-10-21(22(16-19)28(30)31)26(3)18-11-13-25(2)14-12-18/h5-10,15-16,18H,4,11-14H2,1-3H3. The van der Waals surface area contributed by atoms with E-state index in [-0.39, 0.29) is 23.3 Å². The van der Waals surface area contributed by atoms with Crippen molar-refractivity contribution in [1.29, 1.82) is 0 Å². The van der Waals surface area contributed by atoms with Crippen LogP contribution in [0.15, 0.2) is 48.5 Å². The summed E-state index contributed by atoms with van der Waals surface area (Å²) in [6.45, 7) is 3.95. The maximum absolute atomic E-state index is 12.6. The van der Waals surface area contributed by atoms with Crippen molar-refractivity contribution >= 4 is 28.2 Å². The maximum atomic E-state index is 12.6. The molecule has 1 fully saturated rings. The Labute approximate surface area is 187 Å². The van der Waals surface area contributed by atoms with Gasteiger partial charge in [-0.15, -0.1) is 0 Å². The van der Waals surface area contributed by atoms with Gasteiger partial charge in [0.2, 0.25) is 0 Å². The summed E-state index contributed by atoms with van der Waals surface area (Å²) in [5.41, 5.74) is 2.31. The van der Waals surface area contributed by atoms with Crippen molar-refractivity contribution in [3.05, 3.63) is 64.3 Å². The molecule has 2 heterocycles. The first-order valence-electron chi connectivity index (χ1n) is 10.9. The quantitative estimate of drug-likeness (QED) is 0.327. The lowest BCUT2D eigenvalue weighted by atomic mass is 10.0. The molecule has 3 aromatic rings. The molecule has 8 nitrogen and oxygen atoms in total. The predicted molar refractivity (Wildman–Crippen MR) is 125 cm³/mol. The summed E-state index contributed by atoms with van der Waals surface area (Å²) in [5.74, 6) is -0.459. The lowest BCUT2D eigenvalue weighted by Gasteiger charge is -2.36. The molecule has 0 radical (unpaired) electrons. The number of anilines is 1. The van der Waals surface area contributed by atoms with Crippen molar-refractivity contribution in [2.75, 3.05) is 38.7 Å². The van der Waals surface area contributed by atoms with Gasteiger partial charge in [-0.3, -0.25) is 10.1 Å². The lowest BCUT2D eigenvalue weighted by molar-refractivity contribution is -0.384. The Hall–Kier alpha value is -3.39. The molecule has 0 saturated carbocycles. The third-order valence-electron chi connectivity index (χ3n) is 6.23. The minimum atomic E-state index is -0.459. The summed E-state index contributed by atoms with van der Waals surface area (Å²) in [6.07, 6.45) is 1.92. The predicted octanol–water partition coefficient (Wildman–Crippen LogP) is 4.25. The van der Waals surface area contributed by atoms with Gasteiger partial charge < -0.3 is 19.1 Å². The van der Waals surface area contributed by atoms with Crippen LogP contribution in [0, 0.1) is 10.1 Å². The highest BCUT2D eigenvalue weighted by Crippen LogP contribution is 2.35. The van der Waals surface area contributed by atoms with Crippen LogP contribution in [0.1, 0.15) is 30.3 Å². The Morgan fingerprint density at radius 2 is 1.91 bits per heavy atom. The Morgan fingerprint density at radius 1 is 1.19 bits per heavy atom. The number of nitro benzene ring substituents is 1. The molecule has 0 aliphatic carbocycles. The molecule has 1 saturated heterocycles. The Balaban J connectivity index is 1.80. The summed E-state index contributed by atoms with van der Waals surface area (Å²) in [6, 6.07) is 14.8. The molecule has 8 heteroatoms. The van der Waals surface area contributed by atoms with Crippen molar-refractivity contribution in [3.8, 4) is 5.69 Å². The smallest absolute Gasteiger partial charge is 0.355 e. The molecule has 1 aliphatic heterocycles. The molecule has 32 heavy (non-hydrogen) atoms. The second-order valence-electron chi connectivity index (χ2n) is 8.22. The van der Waals surface area contributed by atoms with E-state index in [0.717, 1.165) is 36.8 Å². The van der Waals surface area contributed by atoms with Gasteiger partial charge in [-0.25, -0.2) is 4.79 Å². The van der Waals surface area contributed by atoms with E-state index in [4.69, 9.17) is 4.74 Å². The van der Waals surface area contributed by atoms with Crippen molar-refractivity contribution < 1.29 is 14.5 Å². The number of carbonyl (C=O) groups is 1. The van der Waals surface area contributed by atoms with Crippen LogP contribution >= 0.6 is 0 Å². The van der Waals surface area contributed by atoms with Gasteiger partial charge in [-0.05, 0) is 64.2 Å². The first-order valence-corrected chi connectivity index (χ1v) is 10.9. The van der Waals surface area contributed by atoms with E-state index in [9.17, 15) is 14.9 Å². The summed E-state index contributed by atoms with van der Waals surface area (Å²) in [5, 5.41) is 12.9. The first-order chi connectivity index (χ1) is 15.4. The monoisotopic (exact) mass is 436 g/mol. The third-order valence-corrected chi connectivity index (χ3v) is 6.23. The van der Waals surface area contributed by atoms with Crippen LogP contribution in [0.4, 0.5) is 11.4 Å². The van der Waals surface area contributed by atoms with E-state index in [2.05, 4.69) is 11.9 Å². The number of ether oxygens (including phenoxy) is 1. The highest BCUT2D eigenvalue weighted by atomic mass is 16.6. The molecular weight excluding hydrogens is 408 g/mol. The number of hydrogen-bond acceptors (Lipinski definition) is 6. The number of esters is 1. The summed E-state index contributed by atoms with van der Waals surface area (Å²) in [4.78, 5) is 28.6. The number of hydrogen-bond donors (Lipinski definition) is 0. The molecule has 1 aromatic heterocycles. The Bertz CT molecular complexity index is 1150. The molecule has 0 atom stereocenters. The minimum absolute atomic E-state index is 0.0246. The highest BCUT2D eigenvalue weighted by Gasteiger charge is 2.27. The van der Waals surface area contributed by atoms with Gasteiger partial charge in [0.1, 0.15) is 11.4 Å². The van der Waals surface area contributed by atoms with Gasteiger partial charge in [-0.1, -0.05) is 18.2 Å². The van der Waals surface area contributed by atoms with Crippen molar-refractivity contribution in [2.45, 2.75) is 25.8 Å². The van der Waals surface area contributed by atoms with E-state index in [0.29, 0.717) is 17.1 Å². The topological polar surface area (TPSA) is 80.8 Å². The van der Waals surface area contributed by atoms with Crippen LogP contribution in [-0.4, -0.2) is 60.2 Å². The molecule has 1 aliphatic rings. The average Bonchev–Trinajstić information content (AvgIpc) is 3.18. The lowest BCUT2D eigenvalue weighted by Crippen LogP contribution is -2.42. The molecule has 0 N–H and O–H groups in total. The molecule has 4 rings (SSSR count). The zero-order chi connectivity index (χ0) is 22.8. The number of likely N-dealkylation sites (tertiary alicyclic amines) is 1. The number of fused-ring (bicyclic) bond motifs is 1. The third kappa shape index (κ3) is 4.05. The van der Waals surface area contributed by atoms with Crippen molar-refractivity contribution in [1.82, 2.24) is 9.47 Å². The SMILES string of the molecule is CCOC(=O)c1cc2ccccc2n1-c1ccc(N(C)C2CCN(C)CC2)c([N+](=O)[O-])c1. The zero-order valence-electron chi connectivity index (χ0n) is 18.7. The second-order valence-corrected chi connectivity index (χ2v) is 8.22. The van der Waals surface area contributed by atoms with Crippen LogP contribution in [0.3, 0.4) is 0 Å². The molecule has 0 amide bonds. The summed E-state index contributed by atoms with van der Waals surface area (Å²) < 4.78 is 6.98. The number of piperidine rings is 1. The van der Waals surface area contributed by atoms with E-state index in [1.807, 2.05) is 42.3 Å². The van der Waals surface area contributed by atoms with Gasteiger partial charge in [0.05, 0.1) is 22.7 Å². The Kier molecular flexibility index (Phi) is 6.14. The maximum Gasteiger partial charge on any atom is 0.355 e. The van der Waals surface area contributed by atoms with Gasteiger partial charge in [-0.2, -0.15) is 0 Å². The minimum Gasteiger partial charge on any atom is -0.461 e. The number of para-hydroxylation sites is 1. The van der Waals surface area contributed by atoms with Crippen LogP contribution in [0.2, 0.25) is 0 Å². The molecule has 0 bridgehead atoms. The number of nitro groups is 1. The fraction of sp³-hybridized carbons (Fsp3) is 0.375. The summed E-state index contributed by atoms with van der Waals surface area (Å²) in [7, 11) is 4.02. The second kappa shape index (κ2) is 9.00. The van der Waals surface area contributed by atoms with Gasteiger partial charge >= 0.3 is 5.97 Å². The van der Waals surface area contributed by atoms with Crippen LogP contribution in [-0.2, 0) is 4.74 Å². The molecular formula is C24H28N4O4. The number of rotatable bonds is 6. The van der Waals surface area contributed by atoms with Crippen LogP contribution < -0.4 is 4.90 Å². The molecule has 2 aromatic carbocycles. The largest absolute Gasteiger partial charge is 0.461 e. The zero-order valence-corrected chi connectivity index (χ0v) is 18.7. The van der Waals surface area contributed by atoms with Crippen molar-refractivity contribution in [3.63, 3.8) is 0 Å². The van der Waals surface area contributed by atoms with E-state index < -0.39 is 5.97 Å². The van der Waals surface area contributed by atoms with Crippen LogP contribution in [0.25, 0.3) is 16.6 Å². The van der Waals surface area contributed by atoms with Crippen molar-refractivity contribution in [2.24, 2.45) is 0 Å². The van der Waals surface area contributed by atoms with Gasteiger partial charge in [0.25, 0.3) is 5.69 Å². The first kappa shape index (κ1) is 21.8. The van der Waals surface area contributed by atoms with Gasteiger partial charge in [0, 0.05) is 24.5 Å². The molecule has 0 unspecified atom stereocenters. The molecule has 0 spiro atoms. The fourth-order valence-corrected chi connectivity index (χ4v) is 4.46. The van der Waals surface area contributed by atoms with E-state index in [1.165, 1.54) is 0 Å². The normalized spacial score (nSPS) is 15.1. The van der Waals surface area contributed by atoms with Crippen LogP contribution in [0.5, 0.6) is 0 Å². The average molecular weight is 437 g/mol. The number of aromatic nitrogens is 1. The number of benzene rings is 2. The fourth-order valence-electron chi connectivity index (χ4n) is 4.46. The van der Waals surface area contributed by atoms with E-state index in [1.54, 1.807) is 29.7 Å². The number of carbonyl (C=O) groups excluding carboxylic acids is 1. The summed E-state index contributed by atoms with van der Waals surface area (Å²) >= 11 is 0. The highest BCUT2D eigenvalue weighted by molar-refractivity contribution is 5.97. The number of nitrogens with zero attached hydrogens (tertiary/aromatic N) is 4. The van der Waals surface area contributed by atoms with Gasteiger partial charge in [0.15, 0.2) is 0 Å².